The van der Waals surface area contributed by atoms with Crippen molar-refractivity contribution in [1.29, 1.82) is 0 Å². The van der Waals surface area contributed by atoms with Crippen LogP contribution in [0.2, 0.25) is 0 Å². The minimum Gasteiger partial charge on any atom is -0.363 e. The maximum absolute atomic E-state index is 14.6. The molecule has 0 spiro atoms. The fraction of sp³-hybridized carbons (Fsp3) is 0.381. The van der Waals surface area contributed by atoms with Crippen LogP contribution in [0, 0.1) is 12.7 Å². The third-order valence-electron chi connectivity index (χ3n) is 5.34. The van der Waals surface area contributed by atoms with Crippen molar-refractivity contribution in [3.8, 4) is 0 Å². The van der Waals surface area contributed by atoms with Gasteiger partial charge in [-0.15, -0.1) is 0 Å². The summed E-state index contributed by atoms with van der Waals surface area (Å²) in [7, 11) is 0. The van der Waals surface area contributed by atoms with Gasteiger partial charge in [-0.1, -0.05) is 18.2 Å². The van der Waals surface area contributed by atoms with Crippen molar-refractivity contribution >= 4 is 22.5 Å². The van der Waals surface area contributed by atoms with Gasteiger partial charge in [-0.25, -0.2) is 28.1 Å². The molecule has 4 rings (SSSR count). The fourth-order valence-electron chi connectivity index (χ4n) is 3.77. The van der Waals surface area contributed by atoms with Gasteiger partial charge in [0.25, 0.3) is 6.43 Å². The van der Waals surface area contributed by atoms with E-state index in [1.807, 2.05) is 6.07 Å². The number of pyridine rings is 1. The van der Waals surface area contributed by atoms with Crippen LogP contribution in [-0.2, 0) is 0 Å². The second-order valence-corrected chi connectivity index (χ2v) is 7.59. The van der Waals surface area contributed by atoms with Gasteiger partial charge < -0.3 is 16.0 Å². The molecule has 6 nitrogen and oxygen atoms in total. The number of fused-ring (bicyclic) bond motifs is 1. The lowest BCUT2D eigenvalue weighted by Gasteiger charge is -2.20. The number of hydrogen-bond acceptors (Lipinski definition) is 6. The van der Waals surface area contributed by atoms with Gasteiger partial charge in [0, 0.05) is 30.1 Å². The summed E-state index contributed by atoms with van der Waals surface area (Å²) in [6.07, 6.45) is -0.303. The lowest BCUT2D eigenvalue weighted by molar-refractivity contribution is 0.146. The molecule has 1 aliphatic heterocycles. The van der Waals surface area contributed by atoms with Crippen LogP contribution in [0.3, 0.4) is 0 Å². The SMILES string of the molecule is Cc1nc(NC(C)c2cccc(C(F)F)c2F)c2cc(N3CC[C@@H](N)C3)ncc2n1. The van der Waals surface area contributed by atoms with Crippen molar-refractivity contribution in [2.45, 2.75) is 38.8 Å². The zero-order valence-corrected chi connectivity index (χ0v) is 16.7. The van der Waals surface area contributed by atoms with Gasteiger partial charge in [-0.3, -0.25) is 0 Å². The third kappa shape index (κ3) is 3.89. The summed E-state index contributed by atoms with van der Waals surface area (Å²) in [4.78, 5) is 15.5. The number of aromatic nitrogens is 3. The Labute approximate surface area is 172 Å². The van der Waals surface area contributed by atoms with Crippen molar-refractivity contribution in [2.75, 3.05) is 23.3 Å². The number of nitrogens with zero attached hydrogens (tertiary/aromatic N) is 4. The van der Waals surface area contributed by atoms with Crippen LogP contribution < -0.4 is 16.0 Å². The highest BCUT2D eigenvalue weighted by atomic mass is 19.3. The molecule has 158 valence electrons. The van der Waals surface area contributed by atoms with E-state index in [0.717, 1.165) is 36.8 Å². The highest BCUT2D eigenvalue weighted by Crippen LogP contribution is 2.31. The maximum Gasteiger partial charge on any atom is 0.266 e. The number of hydrogen-bond donors (Lipinski definition) is 2. The number of anilines is 2. The Kier molecular flexibility index (Phi) is 5.46. The molecule has 2 atom stereocenters. The van der Waals surface area contributed by atoms with Crippen LogP contribution >= 0.6 is 0 Å². The Morgan fingerprint density at radius 3 is 2.70 bits per heavy atom. The molecule has 9 heteroatoms. The van der Waals surface area contributed by atoms with Crippen molar-refractivity contribution in [2.24, 2.45) is 5.73 Å². The highest BCUT2D eigenvalue weighted by Gasteiger charge is 2.23. The van der Waals surface area contributed by atoms with E-state index in [1.54, 1.807) is 20.0 Å². The number of benzene rings is 1. The molecule has 1 fully saturated rings. The Morgan fingerprint density at radius 1 is 1.23 bits per heavy atom. The topological polar surface area (TPSA) is 80.0 Å². The summed E-state index contributed by atoms with van der Waals surface area (Å²) in [5.41, 5.74) is 6.19. The molecule has 0 amide bonds. The Morgan fingerprint density at radius 2 is 2.00 bits per heavy atom. The Balaban J connectivity index is 1.70. The number of nitrogens with one attached hydrogen (secondary N) is 1. The molecule has 0 saturated carbocycles. The van der Waals surface area contributed by atoms with Crippen LogP contribution in [0.15, 0.2) is 30.5 Å². The van der Waals surface area contributed by atoms with Crippen molar-refractivity contribution in [3.63, 3.8) is 0 Å². The third-order valence-corrected chi connectivity index (χ3v) is 5.34. The van der Waals surface area contributed by atoms with E-state index in [0.29, 0.717) is 17.2 Å². The summed E-state index contributed by atoms with van der Waals surface area (Å²) in [5, 5.41) is 3.89. The lowest BCUT2D eigenvalue weighted by atomic mass is 10.0. The molecule has 1 unspecified atom stereocenters. The zero-order chi connectivity index (χ0) is 21.4. The van der Waals surface area contributed by atoms with Gasteiger partial charge in [-0.05, 0) is 26.3 Å². The summed E-state index contributed by atoms with van der Waals surface area (Å²) >= 11 is 0. The van der Waals surface area contributed by atoms with E-state index < -0.39 is 23.8 Å². The van der Waals surface area contributed by atoms with Gasteiger partial charge in [0.15, 0.2) is 0 Å². The Hall–Kier alpha value is -2.94. The first-order valence-corrected chi connectivity index (χ1v) is 9.81. The van der Waals surface area contributed by atoms with Crippen LogP contribution in [-0.4, -0.2) is 34.1 Å². The molecule has 1 aliphatic rings. The van der Waals surface area contributed by atoms with Gasteiger partial charge in [0.05, 0.1) is 23.3 Å². The van der Waals surface area contributed by atoms with Crippen molar-refractivity contribution in [3.05, 3.63) is 53.2 Å². The Bertz CT molecular complexity index is 1070. The quantitative estimate of drug-likeness (QED) is 0.651. The maximum atomic E-state index is 14.6. The second-order valence-electron chi connectivity index (χ2n) is 7.59. The predicted octanol–water partition coefficient (Wildman–Crippen LogP) is 4.12. The second kappa shape index (κ2) is 8.06. The minimum atomic E-state index is -2.88. The van der Waals surface area contributed by atoms with Crippen LogP contribution in [0.4, 0.5) is 24.8 Å². The average molecular weight is 416 g/mol. The molecule has 3 heterocycles. The lowest BCUT2D eigenvalue weighted by Crippen LogP contribution is -2.26. The highest BCUT2D eigenvalue weighted by molar-refractivity contribution is 5.90. The standard InChI is InChI=1S/C21H23F3N6/c1-11(14-4-3-5-15(19(14)22)20(23)24)27-21-16-8-18(30-7-6-13(25)10-30)26-9-17(16)28-12(2)29-21/h3-5,8-9,11,13,20H,6-7,10,25H2,1-2H3,(H,27,28,29)/t11?,13-/m1/s1. The van der Waals surface area contributed by atoms with Crippen LogP contribution in [0.5, 0.6) is 0 Å². The van der Waals surface area contributed by atoms with Crippen molar-refractivity contribution in [1.82, 2.24) is 15.0 Å². The smallest absolute Gasteiger partial charge is 0.266 e. The molecule has 0 bridgehead atoms. The average Bonchev–Trinajstić information content (AvgIpc) is 3.13. The van der Waals surface area contributed by atoms with Gasteiger partial charge in [0.1, 0.15) is 23.3 Å². The van der Waals surface area contributed by atoms with E-state index in [-0.39, 0.29) is 11.6 Å². The number of rotatable bonds is 5. The number of aryl methyl sites for hydroxylation is 1. The molecule has 2 aromatic heterocycles. The van der Waals surface area contributed by atoms with E-state index in [4.69, 9.17) is 5.73 Å². The summed E-state index contributed by atoms with van der Waals surface area (Å²) in [6.45, 7) is 4.99. The van der Waals surface area contributed by atoms with Crippen molar-refractivity contribution < 1.29 is 13.2 Å². The summed E-state index contributed by atoms with van der Waals surface area (Å²) < 4.78 is 40.7. The molecule has 1 saturated heterocycles. The molecule has 1 aromatic carbocycles. The van der Waals surface area contributed by atoms with E-state index in [2.05, 4.69) is 25.2 Å². The molecule has 3 aromatic rings. The normalized spacial score (nSPS) is 17.7. The van der Waals surface area contributed by atoms with Gasteiger partial charge in [0.2, 0.25) is 0 Å². The van der Waals surface area contributed by atoms with E-state index in [9.17, 15) is 13.2 Å². The van der Waals surface area contributed by atoms with Gasteiger partial charge in [-0.2, -0.15) is 0 Å². The molecular formula is C21H23F3N6. The molecule has 0 radical (unpaired) electrons. The predicted molar refractivity (Wildman–Crippen MR) is 110 cm³/mol. The van der Waals surface area contributed by atoms with Crippen LogP contribution in [0.25, 0.3) is 10.9 Å². The van der Waals surface area contributed by atoms with Gasteiger partial charge >= 0.3 is 0 Å². The van der Waals surface area contributed by atoms with Crippen LogP contribution in [0.1, 0.15) is 42.8 Å². The molecule has 30 heavy (non-hydrogen) atoms. The first-order valence-electron chi connectivity index (χ1n) is 9.81. The number of nitrogens with two attached hydrogens (primary N) is 1. The first kappa shape index (κ1) is 20.3. The number of halogens is 3. The zero-order valence-electron chi connectivity index (χ0n) is 16.7. The summed E-state index contributed by atoms with van der Waals surface area (Å²) in [5.74, 6) is 0.885. The minimum absolute atomic E-state index is 0.111. The van der Waals surface area contributed by atoms with E-state index in [1.165, 1.54) is 12.1 Å². The molecular weight excluding hydrogens is 393 g/mol. The number of alkyl halides is 2. The summed E-state index contributed by atoms with van der Waals surface area (Å²) in [6, 6.07) is 5.43. The fourth-order valence-corrected chi connectivity index (χ4v) is 3.77. The molecule has 0 aliphatic carbocycles. The van der Waals surface area contributed by atoms with E-state index >= 15 is 0 Å². The molecule has 3 N–H and O–H groups in total. The first-order chi connectivity index (χ1) is 14.3. The monoisotopic (exact) mass is 416 g/mol. The largest absolute Gasteiger partial charge is 0.363 e.